The Kier molecular flexibility index (Phi) is 4.50. The molecule has 8 heteroatoms. The molecule has 35 heavy (non-hydrogen) atoms. The van der Waals surface area contributed by atoms with E-state index in [1.54, 1.807) is 22.3 Å². The number of carbonyl (C=O) groups excluding carboxylic acids is 2. The van der Waals surface area contributed by atoms with Gasteiger partial charge in [-0.25, -0.2) is 9.37 Å². The molecule has 2 aliphatic heterocycles. The van der Waals surface area contributed by atoms with Gasteiger partial charge in [0, 0.05) is 31.5 Å². The van der Waals surface area contributed by atoms with Crippen molar-refractivity contribution in [2.75, 3.05) is 19.6 Å². The first-order valence-corrected chi connectivity index (χ1v) is 13.1. The number of carbonyl (C=O) groups is 2. The van der Waals surface area contributed by atoms with E-state index in [0.29, 0.717) is 31.0 Å². The summed E-state index contributed by atoms with van der Waals surface area (Å²) in [5.74, 6) is 0.708. The maximum absolute atomic E-state index is 15.5. The number of hydrogen-bond acceptors (Lipinski definition) is 5. The molecule has 2 amide bonds. The fourth-order valence-corrected chi connectivity index (χ4v) is 6.15. The van der Waals surface area contributed by atoms with Crippen molar-refractivity contribution in [3.8, 4) is 11.1 Å². The molecule has 3 aromatic rings. The van der Waals surface area contributed by atoms with Crippen molar-refractivity contribution in [1.29, 1.82) is 0 Å². The highest BCUT2D eigenvalue weighted by atomic mass is 32.1. The monoisotopic (exact) mass is 488 g/mol. The number of nitrogens with zero attached hydrogens (tertiary/aromatic N) is 4. The second-order valence-corrected chi connectivity index (χ2v) is 11.6. The zero-order valence-electron chi connectivity index (χ0n) is 19.5. The topological polar surface area (TPSA) is 65.9 Å². The van der Waals surface area contributed by atoms with Gasteiger partial charge < -0.3 is 4.90 Å². The maximum Gasteiger partial charge on any atom is 0.256 e. The van der Waals surface area contributed by atoms with Gasteiger partial charge >= 0.3 is 0 Å². The molecule has 178 valence electrons. The number of amides is 2. The fourth-order valence-electron chi connectivity index (χ4n) is 5.28. The predicted octanol–water partition coefficient (Wildman–Crippen LogP) is 4.40. The Bertz CT molecular complexity index is 1430. The summed E-state index contributed by atoms with van der Waals surface area (Å²) < 4.78 is 16.6. The van der Waals surface area contributed by atoms with Crippen LogP contribution in [0.15, 0.2) is 41.4 Å². The highest BCUT2D eigenvalue weighted by Gasteiger charge is 2.58. The van der Waals surface area contributed by atoms with Crippen molar-refractivity contribution >= 4 is 39.2 Å². The minimum atomic E-state index is -0.692. The van der Waals surface area contributed by atoms with Crippen molar-refractivity contribution in [3.63, 3.8) is 0 Å². The summed E-state index contributed by atoms with van der Waals surface area (Å²) in [6.07, 6.45) is 3.43. The van der Waals surface area contributed by atoms with E-state index in [4.69, 9.17) is 4.99 Å². The standard InChI is InChI=1S/C27H25FN4O2S/c1-15-29-22-7-5-19(11-23(22)35-15)18-4-6-20(21(28)10-18)24-30-27(8-9-27)26(34)32(24)14-16-12-31(13-16)25(33)17-2-3-17/h4-7,10-11,16-17H,2-3,8-9,12-14H2,1H3. The molecular weight excluding hydrogens is 463 g/mol. The molecule has 0 N–H and O–H groups in total. The lowest BCUT2D eigenvalue weighted by Crippen LogP contribution is -2.55. The highest BCUT2D eigenvalue weighted by molar-refractivity contribution is 7.18. The van der Waals surface area contributed by atoms with Crippen LogP contribution in [0, 0.1) is 24.6 Å². The van der Waals surface area contributed by atoms with Crippen LogP contribution in [0.5, 0.6) is 0 Å². The summed E-state index contributed by atoms with van der Waals surface area (Å²) in [6.45, 7) is 3.80. The quantitative estimate of drug-likeness (QED) is 0.535. The van der Waals surface area contributed by atoms with E-state index in [0.717, 1.165) is 52.0 Å². The molecule has 7 rings (SSSR count). The second kappa shape index (κ2) is 7.43. The molecule has 2 aromatic carbocycles. The van der Waals surface area contributed by atoms with Crippen LogP contribution in [-0.2, 0) is 9.59 Å². The smallest absolute Gasteiger partial charge is 0.256 e. The van der Waals surface area contributed by atoms with Crippen LogP contribution in [0.1, 0.15) is 36.3 Å². The Balaban J connectivity index is 1.14. The van der Waals surface area contributed by atoms with E-state index in [2.05, 4.69) is 4.98 Å². The SMILES string of the molecule is Cc1nc2ccc(-c3ccc(C4=NC5(CC5)C(=O)N4CC4CN(C(=O)C5CC5)C4)c(F)c3)cc2s1. The molecule has 6 nitrogen and oxygen atoms in total. The minimum absolute atomic E-state index is 0.0195. The zero-order valence-corrected chi connectivity index (χ0v) is 20.3. The van der Waals surface area contributed by atoms with Crippen molar-refractivity contribution in [2.45, 2.75) is 38.1 Å². The summed E-state index contributed by atoms with van der Waals surface area (Å²) in [5.41, 5.74) is 2.34. The Morgan fingerprint density at radius 2 is 1.89 bits per heavy atom. The first kappa shape index (κ1) is 21.2. The Morgan fingerprint density at radius 3 is 2.60 bits per heavy atom. The first-order valence-electron chi connectivity index (χ1n) is 12.3. The maximum atomic E-state index is 15.5. The van der Waals surface area contributed by atoms with Crippen LogP contribution in [0.4, 0.5) is 4.39 Å². The number of benzene rings is 2. The number of amidine groups is 1. The van der Waals surface area contributed by atoms with Crippen molar-refractivity contribution in [1.82, 2.24) is 14.8 Å². The predicted molar refractivity (Wildman–Crippen MR) is 133 cm³/mol. The average Bonchev–Trinajstić information content (AvgIpc) is 3.72. The van der Waals surface area contributed by atoms with Gasteiger partial charge in [0.1, 0.15) is 17.2 Å². The summed E-state index contributed by atoms with van der Waals surface area (Å²) in [4.78, 5) is 38.3. The molecule has 0 atom stereocenters. The van der Waals surface area contributed by atoms with E-state index in [1.807, 2.05) is 36.1 Å². The number of rotatable bonds is 5. The van der Waals surface area contributed by atoms with Gasteiger partial charge in [-0.15, -0.1) is 11.3 Å². The van der Waals surface area contributed by atoms with E-state index in [-0.39, 0.29) is 29.5 Å². The summed E-state index contributed by atoms with van der Waals surface area (Å²) in [7, 11) is 0. The van der Waals surface area contributed by atoms with E-state index < -0.39 is 5.54 Å². The lowest BCUT2D eigenvalue weighted by Gasteiger charge is -2.41. The number of aliphatic imine (C=N–C) groups is 1. The lowest BCUT2D eigenvalue weighted by atomic mass is 9.97. The van der Waals surface area contributed by atoms with Crippen LogP contribution in [0.25, 0.3) is 21.3 Å². The van der Waals surface area contributed by atoms with Crippen LogP contribution in [0.2, 0.25) is 0 Å². The summed E-state index contributed by atoms with van der Waals surface area (Å²) in [6, 6.07) is 11.2. The summed E-state index contributed by atoms with van der Waals surface area (Å²) >= 11 is 1.62. The number of aryl methyl sites for hydroxylation is 1. The first-order chi connectivity index (χ1) is 16.9. The minimum Gasteiger partial charge on any atom is -0.342 e. The van der Waals surface area contributed by atoms with Crippen molar-refractivity contribution in [2.24, 2.45) is 16.8 Å². The fraction of sp³-hybridized carbons (Fsp3) is 0.407. The highest BCUT2D eigenvalue weighted by Crippen LogP contribution is 2.46. The third kappa shape index (κ3) is 3.49. The number of thiazole rings is 1. The molecule has 1 saturated heterocycles. The Morgan fingerprint density at radius 1 is 1.14 bits per heavy atom. The molecule has 2 saturated carbocycles. The molecule has 0 unspecified atom stereocenters. The summed E-state index contributed by atoms with van der Waals surface area (Å²) in [5, 5.41) is 1.00. The van der Waals surface area contributed by atoms with Crippen LogP contribution in [-0.4, -0.2) is 57.6 Å². The Hall–Kier alpha value is -3.13. The number of halogens is 1. The van der Waals surface area contributed by atoms with Crippen LogP contribution >= 0.6 is 11.3 Å². The number of fused-ring (bicyclic) bond motifs is 1. The van der Waals surface area contributed by atoms with Crippen LogP contribution in [0.3, 0.4) is 0 Å². The second-order valence-electron chi connectivity index (χ2n) is 10.4. The molecule has 0 radical (unpaired) electrons. The van der Waals surface area contributed by atoms with E-state index >= 15 is 4.39 Å². The van der Waals surface area contributed by atoms with Crippen molar-refractivity contribution in [3.05, 3.63) is 52.8 Å². The number of hydrogen-bond donors (Lipinski definition) is 0. The van der Waals surface area contributed by atoms with Gasteiger partial charge in [0.25, 0.3) is 5.91 Å². The third-order valence-electron chi connectivity index (χ3n) is 7.62. The van der Waals surface area contributed by atoms with Crippen LogP contribution < -0.4 is 0 Å². The van der Waals surface area contributed by atoms with Gasteiger partial charge in [0.05, 0.1) is 20.8 Å². The van der Waals surface area contributed by atoms with E-state index in [9.17, 15) is 9.59 Å². The molecule has 4 aliphatic rings. The van der Waals surface area contributed by atoms with Gasteiger partial charge in [-0.3, -0.25) is 19.5 Å². The zero-order chi connectivity index (χ0) is 23.9. The molecule has 0 bridgehead atoms. The normalized spacial score (nSPS) is 21.1. The molecule has 2 aliphatic carbocycles. The van der Waals surface area contributed by atoms with Gasteiger partial charge in [0.15, 0.2) is 0 Å². The largest absolute Gasteiger partial charge is 0.342 e. The van der Waals surface area contributed by atoms with Gasteiger partial charge in [-0.05, 0) is 68.0 Å². The molecule has 1 spiro atoms. The van der Waals surface area contributed by atoms with Gasteiger partial charge in [-0.1, -0.05) is 12.1 Å². The number of aromatic nitrogens is 1. The molecule has 1 aromatic heterocycles. The number of likely N-dealkylation sites (tertiary alicyclic amines) is 1. The molecule has 3 fully saturated rings. The van der Waals surface area contributed by atoms with Crippen molar-refractivity contribution < 1.29 is 14.0 Å². The third-order valence-corrected chi connectivity index (χ3v) is 8.55. The van der Waals surface area contributed by atoms with Gasteiger partial charge in [0.2, 0.25) is 5.91 Å². The molecule has 3 heterocycles. The average molecular weight is 489 g/mol. The lowest BCUT2D eigenvalue weighted by molar-refractivity contribution is -0.139. The van der Waals surface area contributed by atoms with E-state index in [1.165, 1.54) is 6.07 Å². The van der Waals surface area contributed by atoms with Gasteiger partial charge in [-0.2, -0.15) is 0 Å². The Labute approximate surface area is 206 Å². The molecular formula is C27H25FN4O2S.